The monoisotopic (exact) mass is 250 g/mol. The molecule has 4 nitrogen and oxygen atoms in total. The summed E-state index contributed by atoms with van der Waals surface area (Å²) in [6.07, 6.45) is 7.02. The van der Waals surface area contributed by atoms with E-state index in [0.717, 1.165) is 24.7 Å². The van der Waals surface area contributed by atoms with Gasteiger partial charge in [-0.15, -0.1) is 0 Å². The lowest BCUT2D eigenvalue weighted by atomic mass is 9.76. The maximum atomic E-state index is 6.08. The lowest BCUT2D eigenvalue weighted by Crippen LogP contribution is -2.53. The summed E-state index contributed by atoms with van der Waals surface area (Å²) in [5, 5.41) is 4.46. The molecule has 1 saturated carbocycles. The number of hydrogen-bond acceptors (Lipinski definition) is 3. The van der Waals surface area contributed by atoms with Gasteiger partial charge in [0, 0.05) is 31.9 Å². The summed E-state index contributed by atoms with van der Waals surface area (Å²) in [6.45, 7) is 3.99. The Bertz CT molecular complexity index is 377. The van der Waals surface area contributed by atoms with Gasteiger partial charge in [-0.25, -0.2) is 0 Å². The maximum absolute atomic E-state index is 6.08. The van der Waals surface area contributed by atoms with Gasteiger partial charge in [0.1, 0.15) is 0 Å². The van der Waals surface area contributed by atoms with Crippen LogP contribution in [0.1, 0.15) is 38.3 Å². The molecular weight excluding hydrogens is 224 g/mol. The molecule has 0 spiro atoms. The highest BCUT2D eigenvalue weighted by Gasteiger charge is 2.36. The second-order valence-corrected chi connectivity index (χ2v) is 5.95. The topological polar surface area (TPSA) is 47.1 Å². The Labute approximate surface area is 110 Å². The van der Waals surface area contributed by atoms with Gasteiger partial charge in [-0.1, -0.05) is 6.92 Å². The smallest absolute Gasteiger partial charge is 0.0764 e. The third kappa shape index (κ3) is 2.75. The third-order valence-corrected chi connectivity index (χ3v) is 4.56. The summed E-state index contributed by atoms with van der Waals surface area (Å²) in [5.74, 6) is 0.855. The molecule has 2 N–H and O–H groups in total. The van der Waals surface area contributed by atoms with Crippen LogP contribution in [0.3, 0.4) is 0 Å². The van der Waals surface area contributed by atoms with Crippen molar-refractivity contribution in [2.75, 3.05) is 13.6 Å². The zero-order valence-electron chi connectivity index (χ0n) is 11.9. The van der Waals surface area contributed by atoms with Crippen molar-refractivity contribution in [3.63, 3.8) is 0 Å². The van der Waals surface area contributed by atoms with Crippen LogP contribution >= 0.6 is 0 Å². The Kier molecular flexibility index (Phi) is 4.07. The van der Waals surface area contributed by atoms with Crippen LogP contribution in [0, 0.1) is 5.92 Å². The van der Waals surface area contributed by atoms with E-state index in [1.165, 1.54) is 25.7 Å². The number of rotatable bonds is 4. The van der Waals surface area contributed by atoms with Gasteiger partial charge < -0.3 is 5.73 Å². The summed E-state index contributed by atoms with van der Waals surface area (Å²) in [6, 6.07) is 2.09. The molecule has 1 aliphatic carbocycles. The van der Waals surface area contributed by atoms with Crippen LogP contribution in [0.15, 0.2) is 12.3 Å². The number of aryl methyl sites for hydroxylation is 1. The standard InChI is InChI=1S/C14H26N4/c1-12-4-7-14(11-15,8-5-12)17(2)10-13-6-9-18(3)16-13/h6,9,12H,4-5,7-8,10-11,15H2,1-3H3. The van der Waals surface area contributed by atoms with Gasteiger partial charge in [0.05, 0.1) is 5.69 Å². The SMILES string of the molecule is CC1CCC(CN)(N(C)Cc2ccn(C)n2)CC1. The van der Waals surface area contributed by atoms with Crippen molar-refractivity contribution in [1.82, 2.24) is 14.7 Å². The average Bonchev–Trinajstić information content (AvgIpc) is 2.76. The summed E-state index contributed by atoms with van der Waals surface area (Å²) in [7, 11) is 4.15. The average molecular weight is 250 g/mol. The zero-order chi connectivity index (χ0) is 13.2. The predicted molar refractivity (Wildman–Crippen MR) is 74.1 cm³/mol. The molecule has 18 heavy (non-hydrogen) atoms. The summed E-state index contributed by atoms with van der Waals surface area (Å²) < 4.78 is 1.86. The van der Waals surface area contributed by atoms with Gasteiger partial charge in [-0.3, -0.25) is 9.58 Å². The van der Waals surface area contributed by atoms with E-state index in [-0.39, 0.29) is 5.54 Å². The number of aromatic nitrogens is 2. The number of nitrogens with zero attached hydrogens (tertiary/aromatic N) is 3. The van der Waals surface area contributed by atoms with Crippen LogP contribution in [-0.4, -0.2) is 33.8 Å². The van der Waals surface area contributed by atoms with Crippen molar-refractivity contribution in [3.05, 3.63) is 18.0 Å². The van der Waals surface area contributed by atoms with Crippen LogP contribution in [0.4, 0.5) is 0 Å². The second kappa shape index (κ2) is 5.41. The first kappa shape index (κ1) is 13.6. The summed E-state index contributed by atoms with van der Waals surface area (Å²) in [4.78, 5) is 2.42. The number of likely N-dealkylation sites (N-methyl/N-ethyl adjacent to an activating group) is 1. The highest BCUT2D eigenvalue weighted by Crippen LogP contribution is 2.35. The first-order valence-electron chi connectivity index (χ1n) is 6.95. The van der Waals surface area contributed by atoms with E-state index in [2.05, 4.69) is 30.0 Å². The molecule has 102 valence electrons. The molecule has 1 aliphatic rings. The van der Waals surface area contributed by atoms with Gasteiger partial charge in [-0.05, 0) is 44.7 Å². The quantitative estimate of drug-likeness (QED) is 0.886. The molecule has 0 bridgehead atoms. The minimum Gasteiger partial charge on any atom is -0.329 e. The maximum Gasteiger partial charge on any atom is 0.0764 e. The molecule has 1 fully saturated rings. The van der Waals surface area contributed by atoms with Gasteiger partial charge in [0.15, 0.2) is 0 Å². The van der Waals surface area contributed by atoms with E-state index in [9.17, 15) is 0 Å². The molecule has 1 aromatic heterocycles. The lowest BCUT2D eigenvalue weighted by Gasteiger charge is -2.45. The van der Waals surface area contributed by atoms with E-state index in [0.29, 0.717) is 0 Å². The van der Waals surface area contributed by atoms with Crippen LogP contribution in [0.5, 0.6) is 0 Å². The Morgan fingerprint density at radius 1 is 1.50 bits per heavy atom. The molecular formula is C14H26N4. The predicted octanol–water partition coefficient (Wildman–Crippen LogP) is 1.76. The van der Waals surface area contributed by atoms with Crippen molar-refractivity contribution in [1.29, 1.82) is 0 Å². The first-order chi connectivity index (χ1) is 8.55. The van der Waals surface area contributed by atoms with Crippen molar-refractivity contribution in [2.45, 2.75) is 44.7 Å². The molecule has 0 aliphatic heterocycles. The molecule has 0 aromatic carbocycles. The van der Waals surface area contributed by atoms with Crippen LogP contribution < -0.4 is 5.73 Å². The highest BCUT2D eigenvalue weighted by molar-refractivity contribution is 5.02. The Morgan fingerprint density at radius 3 is 2.67 bits per heavy atom. The van der Waals surface area contributed by atoms with E-state index >= 15 is 0 Å². The molecule has 0 atom stereocenters. The van der Waals surface area contributed by atoms with Gasteiger partial charge in [-0.2, -0.15) is 5.10 Å². The fraction of sp³-hybridized carbons (Fsp3) is 0.786. The number of nitrogens with two attached hydrogens (primary N) is 1. The van der Waals surface area contributed by atoms with Crippen molar-refractivity contribution in [2.24, 2.45) is 18.7 Å². The lowest BCUT2D eigenvalue weighted by molar-refractivity contribution is 0.0605. The van der Waals surface area contributed by atoms with E-state index < -0.39 is 0 Å². The molecule has 0 amide bonds. The van der Waals surface area contributed by atoms with E-state index in [1.807, 2.05) is 17.9 Å². The molecule has 0 radical (unpaired) electrons. The van der Waals surface area contributed by atoms with Gasteiger partial charge in [0.25, 0.3) is 0 Å². The fourth-order valence-corrected chi connectivity index (χ4v) is 3.00. The Morgan fingerprint density at radius 2 is 2.17 bits per heavy atom. The molecule has 4 heteroatoms. The number of hydrogen-bond donors (Lipinski definition) is 1. The van der Waals surface area contributed by atoms with E-state index in [4.69, 9.17) is 5.73 Å². The summed E-state index contributed by atoms with van der Waals surface area (Å²) >= 11 is 0. The Hall–Kier alpha value is -0.870. The van der Waals surface area contributed by atoms with E-state index in [1.54, 1.807) is 0 Å². The van der Waals surface area contributed by atoms with Crippen molar-refractivity contribution < 1.29 is 0 Å². The third-order valence-electron chi connectivity index (χ3n) is 4.56. The van der Waals surface area contributed by atoms with Crippen molar-refractivity contribution in [3.8, 4) is 0 Å². The first-order valence-corrected chi connectivity index (χ1v) is 6.95. The van der Waals surface area contributed by atoms with Crippen LogP contribution in [-0.2, 0) is 13.6 Å². The second-order valence-electron chi connectivity index (χ2n) is 5.95. The molecule has 0 saturated heterocycles. The molecule has 1 heterocycles. The Balaban J connectivity index is 2.03. The normalized spacial score (nSPS) is 28.8. The molecule has 1 aromatic rings. The summed E-state index contributed by atoms with van der Waals surface area (Å²) in [5.41, 5.74) is 7.39. The zero-order valence-corrected chi connectivity index (χ0v) is 11.9. The van der Waals surface area contributed by atoms with Crippen LogP contribution in [0.2, 0.25) is 0 Å². The van der Waals surface area contributed by atoms with Crippen molar-refractivity contribution >= 4 is 0 Å². The minimum absolute atomic E-state index is 0.185. The fourth-order valence-electron chi connectivity index (χ4n) is 3.00. The van der Waals surface area contributed by atoms with Gasteiger partial charge >= 0.3 is 0 Å². The minimum atomic E-state index is 0.185. The molecule has 0 unspecified atom stereocenters. The molecule has 2 rings (SSSR count). The highest BCUT2D eigenvalue weighted by atomic mass is 15.3. The van der Waals surface area contributed by atoms with Gasteiger partial charge in [0.2, 0.25) is 0 Å². The van der Waals surface area contributed by atoms with Crippen LogP contribution in [0.25, 0.3) is 0 Å². The largest absolute Gasteiger partial charge is 0.329 e.